The summed E-state index contributed by atoms with van der Waals surface area (Å²) >= 11 is 5.87. The van der Waals surface area contributed by atoms with Crippen molar-refractivity contribution in [2.45, 2.75) is 26.4 Å². The van der Waals surface area contributed by atoms with E-state index < -0.39 is 0 Å². The molecule has 3 rings (SSSR count). The molecule has 7 heteroatoms. The number of hydrogen-bond donors (Lipinski definition) is 1. The number of aromatic nitrogens is 4. The van der Waals surface area contributed by atoms with Gasteiger partial charge in [0.1, 0.15) is 6.54 Å². The molecule has 0 fully saturated rings. The van der Waals surface area contributed by atoms with Crippen LogP contribution in [0.5, 0.6) is 0 Å². The molecule has 1 heterocycles. The molecule has 128 valence electrons. The first-order valence-corrected chi connectivity index (χ1v) is 8.29. The second kappa shape index (κ2) is 7.44. The van der Waals surface area contributed by atoms with E-state index in [2.05, 4.69) is 20.7 Å². The molecule has 2 aromatic carbocycles. The molecule has 25 heavy (non-hydrogen) atoms. The van der Waals surface area contributed by atoms with Crippen LogP contribution in [0, 0.1) is 6.92 Å². The zero-order valence-electron chi connectivity index (χ0n) is 14.0. The van der Waals surface area contributed by atoms with Crippen molar-refractivity contribution >= 4 is 17.5 Å². The van der Waals surface area contributed by atoms with Crippen molar-refractivity contribution in [3.05, 3.63) is 64.7 Å². The number of tetrazole rings is 1. The Balaban J connectivity index is 1.64. The molecule has 0 spiro atoms. The van der Waals surface area contributed by atoms with Gasteiger partial charge in [0.25, 0.3) is 0 Å². The molecule has 0 aliphatic carbocycles. The molecule has 1 atom stereocenters. The lowest BCUT2D eigenvalue weighted by molar-refractivity contribution is -0.122. The Kier molecular flexibility index (Phi) is 5.09. The molecular formula is C18H18ClN5O. The molecule has 1 unspecified atom stereocenters. The number of rotatable bonds is 5. The molecule has 0 saturated heterocycles. The Hall–Kier alpha value is -2.73. The highest BCUT2D eigenvalue weighted by atomic mass is 35.5. The van der Waals surface area contributed by atoms with Crippen LogP contribution in [0.2, 0.25) is 5.02 Å². The van der Waals surface area contributed by atoms with Crippen LogP contribution in [0.15, 0.2) is 48.5 Å². The number of amides is 1. The Morgan fingerprint density at radius 3 is 2.64 bits per heavy atom. The minimum absolute atomic E-state index is 0.0107. The number of halogens is 1. The highest BCUT2D eigenvalue weighted by Gasteiger charge is 2.13. The van der Waals surface area contributed by atoms with Crippen molar-refractivity contribution in [2.24, 2.45) is 0 Å². The molecule has 0 bridgehead atoms. The average molecular weight is 356 g/mol. The Morgan fingerprint density at radius 2 is 1.92 bits per heavy atom. The summed E-state index contributed by atoms with van der Waals surface area (Å²) in [6.45, 7) is 3.99. The van der Waals surface area contributed by atoms with Crippen LogP contribution in [-0.2, 0) is 11.3 Å². The van der Waals surface area contributed by atoms with E-state index in [1.54, 1.807) is 12.1 Å². The van der Waals surface area contributed by atoms with Crippen molar-refractivity contribution in [1.82, 2.24) is 25.5 Å². The molecule has 1 amide bonds. The van der Waals surface area contributed by atoms with Crippen LogP contribution < -0.4 is 5.32 Å². The van der Waals surface area contributed by atoms with Crippen molar-refractivity contribution in [3.8, 4) is 11.4 Å². The van der Waals surface area contributed by atoms with Gasteiger partial charge in [0.05, 0.1) is 6.04 Å². The first-order valence-electron chi connectivity index (χ1n) is 7.91. The van der Waals surface area contributed by atoms with Gasteiger partial charge in [-0.05, 0) is 54.5 Å². The van der Waals surface area contributed by atoms with Gasteiger partial charge in [-0.1, -0.05) is 35.9 Å². The quantitative estimate of drug-likeness (QED) is 0.763. The summed E-state index contributed by atoms with van der Waals surface area (Å²) in [7, 11) is 0. The fourth-order valence-corrected chi connectivity index (χ4v) is 2.72. The van der Waals surface area contributed by atoms with E-state index in [0.29, 0.717) is 10.8 Å². The lowest BCUT2D eigenvalue weighted by Crippen LogP contribution is -2.31. The molecule has 0 aliphatic heterocycles. The fourth-order valence-electron chi connectivity index (χ4n) is 2.59. The van der Waals surface area contributed by atoms with Gasteiger partial charge in [-0.3, -0.25) is 4.79 Å². The van der Waals surface area contributed by atoms with E-state index in [4.69, 9.17) is 11.6 Å². The fraction of sp³-hybridized carbons (Fsp3) is 0.222. The standard InChI is InChI=1S/C18H18ClN5O/c1-12-5-3-4-6-16(12)13(2)20-17(25)11-24-22-18(21-23-24)14-7-9-15(19)10-8-14/h3-10,13H,11H2,1-2H3,(H,20,25). The third-order valence-corrected chi connectivity index (χ3v) is 4.12. The lowest BCUT2D eigenvalue weighted by Gasteiger charge is -2.16. The highest BCUT2D eigenvalue weighted by Crippen LogP contribution is 2.18. The van der Waals surface area contributed by atoms with Crippen molar-refractivity contribution in [1.29, 1.82) is 0 Å². The Morgan fingerprint density at radius 1 is 1.20 bits per heavy atom. The van der Waals surface area contributed by atoms with E-state index in [1.807, 2.05) is 50.2 Å². The molecule has 0 aliphatic rings. The van der Waals surface area contributed by atoms with Crippen LogP contribution in [0.3, 0.4) is 0 Å². The third kappa shape index (κ3) is 4.22. The van der Waals surface area contributed by atoms with Gasteiger partial charge < -0.3 is 5.32 Å². The van der Waals surface area contributed by atoms with Crippen LogP contribution in [-0.4, -0.2) is 26.1 Å². The predicted molar refractivity (Wildman–Crippen MR) is 96.0 cm³/mol. The Labute approximate surface area is 150 Å². The van der Waals surface area contributed by atoms with E-state index >= 15 is 0 Å². The van der Waals surface area contributed by atoms with E-state index in [-0.39, 0.29) is 18.5 Å². The van der Waals surface area contributed by atoms with E-state index in [9.17, 15) is 4.79 Å². The maximum atomic E-state index is 12.2. The van der Waals surface area contributed by atoms with Gasteiger partial charge in [-0.15, -0.1) is 10.2 Å². The summed E-state index contributed by atoms with van der Waals surface area (Å²) in [5.41, 5.74) is 3.02. The zero-order valence-corrected chi connectivity index (χ0v) is 14.7. The number of carbonyl (C=O) groups excluding carboxylic acids is 1. The molecule has 1 N–H and O–H groups in total. The topological polar surface area (TPSA) is 72.7 Å². The average Bonchev–Trinajstić information content (AvgIpc) is 3.04. The molecule has 3 aromatic rings. The van der Waals surface area contributed by atoms with E-state index in [0.717, 1.165) is 16.7 Å². The number of nitrogens with zero attached hydrogens (tertiary/aromatic N) is 4. The van der Waals surface area contributed by atoms with Crippen LogP contribution >= 0.6 is 11.6 Å². The van der Waals surface area contributed by atoms with Crippen LogP contribution in [0.4, 0.5) is 0 Å². The normalized spacial score (nSPS) is 12.0. The van der Waals surface area contributed by atoms with Gasteiger partial charge in [0, 0.05) is 10.6 Å². The first kappa shape index (κ1) is 17.1. The molecular weight excluding hydrogens is 338 g/mol. The summed E-state index contributed by atoms with van der Waals surface area (Å²) in [6, 6.07) is 15.0. The maximum absolute atomic E-state index is 12.2. The van der Waals surface area contributed by atoms with Gasteiger partial charge in [-0.25, -0.2) is 0 Å². The first-order chi connectivity index (χ1) is 12.0. The number of hydrogen-bond acceptors (Lipinski definition) is 4. The number of benzene rings is 2. The van der Waals surface area contributed by atoms with Gasteiger partial charge in [-0.2, -0.15) is 4.80 Å². The highest BCUT2D eigenvalue weighted by molar-refractivity contribution is 6.30. The minimum Gasteiger partial charge on any atom is -0.348 e. The minimum atomic E-state index is -0.171. The maximum Gasteiger partial charge on any atom is 0.244 e. The predicted octanol–water partition coefficient (Wildman–Crippen LogP) is 3.18. The smallest absolute Gasteiger partial charge is 0.244 e. The number of carbonyl (C=O) groups is 1. The molecule has 0 saturated carbocycles. The number of nitrogens with one attached hydrogen (secondary N) is 1. The largest absolute Gasteiger partial charge is 0.348 e. The summed E-state index contributed by atoms with van der Waals surface area (Å²) in [6.07, 6.45) is 0. The second-order valence-corrected chi connectivity index (χ2v) is 6.23. The number of aryl methyl sites for hydroxylation is 1. The van der Waals surface area contributed by atoms with Gasteiger partial charge >= 0.3 is 0 Å². The third-order valence-electron chi connectivity index (χ3n) is 3.87. The van der Waals surface area contributed by atoms with Gasteiger partial charge in [0.15, 0.2) is 0 Å². The Bertz CT molecular complexity index is 875. The van der Waals surface area contributed by atoms with Crippen LogP contribution in [0.25, 0.3) is 11.4 Å². The zero-order chi connectivity index (χ0) is 17.8. The summed E-state index contributed by atoms with van der Waals surface area (Å²) in [5, 5.41) is 15.7. The van der Waals surface area contributed by atoms with Crippen LogP contribution in [0.1, 0.15) is 24.1 Å². The molecule has 1 aromatic heterocycles. The van der Waals surface area contributed by atoms with Crippen molar-refractivity contribution in [3.63, 3.8) is 0 Å². The summed E-state index contributed by atoms with van der Waals surface area (Å²) in [5.74, 6) is 0.284. The monoisotopic (exact) mass is 355 g/mol. The lowest BCUT2D eigenvalue weighted by atomic mass is 10.0. The van der Waals surface area contributed by atoms with Gasteiger partial charge in [0.2, 0.25) is 11.7 Å². The SMILES string of the molecule is Cc1ccccc1C(C)NC(=O)Cn1nnc(-c2ccc(Cl)cc2)n1. The second-order valence-electron chi connectivity index (χ2n) is 5.80. The molecule has 6 nitrogen and oxygen atoms in total. The van der Waals surface area contributed by atoms with Crippen molar-refractivity contribution in [2.75, 3.05) is 0 Å². The van der Waals surface area contributed by atoms with E-state index in [1.165, 1.54) is 4.80 Å². The van der Waals surface area contributed by atoms with Crippen molar-refractivity contribution < 1.29 is 4.79 Å². The summed E-state index contributed by atoms with van der Waals surface area (Å²) < 4.78 is 0. The summed E-state index contributed by atoms with van der Waals surface area (Å²) in [4.78, 5) is 13.5. The molecule has 0 radical (unpaired) electrons.